The first-order chi connectivity index (χ1) is 12.0. The number of halogens is 2. The molecule has 10 heteroatoms. The van der Waals surface area contributed by atoms with Crippen LogP contribution < -0.4 is 15.6 Å². The summed E-state index contributed by atoms with van der Waals surface area (Å²) in [5.41, 5.74) is 5.25. The fourth-order valence-electron chi connectivity index (χ4n) is 1.97. The zero-order chi connectivity index (χ0) is 18.2. The SMILES string of the molecule is COc1ccccc1CCOC(=O)NNC(=O)Cn1cnc(Cl)c1Cl. The van der Waals surface area contributed by atoms with Crippen LogP contribution in [-0.4, -0.2) is 35.3 Å². The van der Waals surface area contributed by atoms with Crippen LogP contribution in [0.4, 0.5) is 4.79 Å². The number of rotatable bonds is 6. The molecule has 0 aliphatic rings. The highest BCUT2D eigenvalue weighted by atomic mass is 35.5. The molecule has 2 amide bonds. The van der Waals surface area contributed by atoms with Gasteiger partial charge < -0.3 is 14.0 Å². The van der Waals surface area contributed by atoms with E-state index < -0.39 is 12.0 Å². The monoisotopic (exact) mass is 386 g/mol. The Morgan fingerprint density at radius 2 is 2.00 bits per heavy atom. The van der Waals surface area contributed by atoms with Crippen LogP contribution in [0.5, 0.6) is 5.75 Å². The van der Waals surface area contributed by atoms with Crippen molar-refractivity contribution in [2.24, 2.45) is 0 Å². The molecule has 0 radical (unpaired) electrons. The second-order valence-corrected chi connectivity index (χ2v) is 5.54. The number of benzene rings is 1. The zero-order valence-corrected chi connectivity index (χ0v) is 14.8. The number of nitrogens with zero attached hydrogens (tertiary/aromatic N) is 2. The summed E-state index contributed by atoms with van der Waals surface area (Å²) in [5, 5.41) is 0.231. The number of carbonyl (C=O) groups is 2. The molecule has 0 unspecified atom stereocenters. The molecule has 0 atom stereocenters. The van der Waals surface area contributed by atoms with E-state index in [9.17, 15) is 9.59 Å². The number of aromatic nitrogens is 2. The third-order valence-electron chi connectivity index (χ3n) is 3.15. The minimum atomic E-state index is -0.780. The second-order valence-electron chi connectivity index (χ2n) is 4.83. The molecule has 0 saturated heterocycles. The van der Waals surface area contributed by atoms with Gasteiger partial charge in [-0.1, -0.05) is 41.4 Å². The van der Waals surface area contributed by atoms with Gasteiger partial charge in [0.15, 0.2) is 5.15 Å². The highest BCUT2D eigenvalue weighted by Crippen LogP contribution is 2.19. The van der Waals surface area contributed by atoms with E-state index in [1.807, 2.05) is 24.3 Å². The maximum absolute atomic E-state index is 11.7. The minimum absolute atomic E-state index is 0.0955. The van der Waals surface area contributed by atoms with Crippen LogP contribution in [0.1, 0.15) is 5.56 Å². The summed E-state index contributed by atoms with van der Waals surface area (Å²) in [6.07, 6.45) is 1.02. The van der Waals surface area contributed by atoms with Crippen molar-refractivity contribution in [2.45, 2.75) is 13.0 Å². The molecule has 134 valence electrons. The number of para-hydroxylation sites is 1. The van der Waals surface area contributed by atoms with Gasteiger partial charge in [-0.2, -0.15) is 0 Å². The Bertz CT molecular complexity index is 751. The Kier molecular flexibility index (Phi) is 6.91. The standard InChI is InChI=1S/C15H16Cl2N4O4/c1-24-11-5-3-2-4-10(11)6-7-25-15(23)20-19-12(22)8-21-9-18-13(16)14(21)17/h2-5,9H,6-8H2,1H3,(H,19,22)(H,20,23). The van der Waals surface area contributed by atoms with Gasteiger partial charge >= 0.3 is 6.09 Å². The van der Waals surface area contributed by atoms with Gasteiger partial charge in [0.1, 0.15) is 17.4 Å². The first-order valence-electron chi connectivity index (χ1n) is 7.21. The van der Waals surface area contributed by atoms with Crippen LogP contribution in [-0.2, 0) is 22.5 Å². The second kappa shape index (κ2) is 9.14. The van der Waals surface area contributed by atoms with Crippen LogP contribution in [0.15, 0.2) is 30.6 Å². The molecule has 0 spiro atoms. The fraction of sp³-hybridized carbons (Fsp3) is 0.267. The maximum atomic E-state index is 11.7. The number of imidazole rings is 1. The summed E-state index contributed by atoms with van der Waals surface area (Å²) < 4.78 is 11.5. The summed E-state index contributed by atoms with van der Waals surface area (Å²) in [6.45, 7) is -0.0227. The van der Waals surface area contributed by atoms with Crippen molar-refractivity contribution in [1.29, 1.82) is 0 Å². The molecule has 1 aromatic heterocycles. The first-order valence-corrected chi connectivity index (χ1v) is 7.96. The lowest BCUT2D eigenvalue weighted by Crippen LogP contribution is -2.43. The Morgan fingerprint density at radius 1 is 1.24 bits per heavy atom. The number of carbonyl (C=O) groups excluding carboxylic acids is 2. The third kappa shape index (κ3) is 5.54. The van der Waals surface area contributed by atoms with Gasteiger partial charge in [-0.15, -0.1) is 0 Å². The summed E-state index contributed by atoms with van der Waals surface area (Å²) in [7, 11) is 1.57. The molecular weight excluding hydrogens is 371 g/mol. The molecule has 8 nitrogen and oxygen atoms in total. The zero-order valence-electron chi connectivity index (χ0n) is 13.3. The average molecular weight is 387 g/mol. The van der Waals surface area contributed by atoms with Gasteiger partial charge in [0.05, 0.1) is 20.0 Å². The average Bonchev–Trinajstić information content (AvgIpc) is 2.92. The molecule has 2 N–H and O–H groups in total. The highest BCUT2D eigenvalue weighted by Gasteiger charge is 2.11. The van der Waals surface area contributed by atoms with Crippen LogP contribution >= 0.6 is 23.2 Å². The summed E-state index contributed by atoms with van der Waals surface area (Å²) >= 11 is 11.5. The predicted molar refractivity (Wildman–Crippen MR) is 91.6 cm³/mol. The molecular formula is C15H16Cl2N4O4. The van der Waals surface area contributed by atoms with E-state index in [1.54, 1.807) is 7.11 Å². The summed E-state index contributed by atoms with van der Waals surface area (Å²) in [5.74, 6) is 0.202. The van der Waals surface area contributed by atoms with Crippen LogP contribution in [0, 0.1) is 0 Å². The molecule has 0 aliphatic heterocycles. The lowest BCUT2D eigenvalue weighted by molar-refractivity contribution is -0.122. The van der Waals surface area contributed by atoms with Crippen molar-refractivity contribution in [3.8, 4) is 5.75 Å². The van der Waals surface area contributed by atoms with Gasteiger partial charge in [0, 0.05) is 6.42 Å². The first kappa shape index (κ1) is 18.9. The van der Waals surface area contributed by atoms with Crippen LogP contribution in [0.3, 0.4) is 0 Å². The molecule has 0 fully saturated rings. The van der Waals surface area contributed by atoms with E-state index in [1.165, 1.54) is 10.9 Å². The minimum Gasteiger partial charge on any atom is -0.496 e. The number of nitrogens with one attached hydrogen (secondary N) is 2. The van der Waals surface area contributed by atoms with Crippen molar-refractivity contribution in [3.63, 3.8) is 0 Å². The number of methoxy groups -OCH3 is 1. The highest BCUT2D eigenvalue weighted by molar-refractivity contribution is 6.40. The van der Waals surface area contributed by atoms with Crippen molar-refractivity contribution >= 4 is 35.2 Å². The molecule has 0 bridgehead atoms. The molecule has 1 aromatic carbocycles. The maximum Gasteiger partial charge on any atom is 0.426 e. The van der Waals surface area contributed by atoms with Crippen molar-refractivity contribution in [2.75, 3.05) is 13.7 Å². The normalized spacial score (nSPS) is 10.2. The summed E-state index contributed by atoms with van der Waals surface area (Å²) in [4.78, 5) is 27.0. The van der Waals surface area contributed by atoms with Gasteiger partial charge in [0.2, 0.25) is 0 Å². The van der Waals surface area contributed by atoms with Gasteiger partial charge in [0.25, 0.3) is 5.91 Å². The molecule has 2 rings (SSSR count). The van der Waals surface area contributed by atoms with Crippen molar-refractivity contribution in [3.05, 3.63) is 46.5 Å². The van der Waals surface area contributed by atoms with E-state index >= 15 is 0 Å². The van der Waals surface area contributed by atoms with Crippen LogP contribution in [0.25, 0.3) is 0 Å². The molecule has 2 aromatic rings. The number of ether oxygens (including phenoxy) is 2. The van der Waals surface area contributed by atoms with Crippen LogP contribution in [0.2, 0.25) is 10.3 Å². The Hall–Kier alpha value is -2.45. The van der Waals surface area contributed by atoms with Gasteiger partial charge in [-0.25, -0.2) is 15.2 Å². The molecule has 0 saturated carbocycles. The third-order valence-corrected chi connectivity index (χ3v) is 3.92. The smallest absolute Gasteiger partial charge is 0.426 e. The van der Waals surface area contributed by atoms with Gasteiger partial charge in [-0.3, -0.25) is 10.2 Å². The topological polar surface area (TPSA) is 94.5 Å². The predicted octanol–water partition coefficient (Wildman–Crippen LogP) is 2.20. The van der Waals surface area contributed by atoms with Gasteiger partial charge in [-0.05, 0) is 11.6 Å². The molecule has 25 heavy (non-hydrogen) atoms. The van der Waals surface area contributed by atoms with E-state index in [0.717, 1.165) is 11.3 Å². The lowest BCUT2D eigenvalue weighted by Gasteiger charge is -2.10. The Morgan fingerprint density at radius 3 is 2.68 bits per heavy atom. The number of amides is 2. The molecule has 0 aliphatic carbocycles. The Balaban J connectivity index is 1.70. The lowest BCUT2D eigenvalue weighted by atomic mass is 10.1. The van der Waals surface area contributed by atoms with E-state index in [0.29, 0.717) is 6.42 Å². The van der Waals surface area contributed by atoms with E-state index in [2.05, 4.69) is 15.8 Å². The fourth-order valence-corrected chi connectivity index (χ4v) is 2.27. The molecule has 1 heterocycles. The Labute approximate surface area is 154 Å². The number of hydrazine groups is 1. The summed E-state index contributed by atoms with van der Waals surface area (Å²) in [6, 6.07) is 7.42. The number of hydrogen-bond acceptors (Lipinski definition) is 5. The largest absolute Gasteiger partial charge is 0.496 e. The number of hydrogen-bond donors (Lipinski definition) is 2. The van der Waals surface area contributed by atoms with Crippen molar-refractivity contribution in [1.82, 2.24) is 20.4 Å². The van der Waals surface area contributed by atoms with E-state index in [4.69, 9.17) is 32.7 Å². The quantitative estimate of drug-likeness (QED) is 0.742. The van der Waals surface area contributed by atoms with Crippen molar-refractivity contribution < 1.29 is 19.1 Å². The van der Waals surface area contributed by atoms with E-state index in [-0.39, 0.29) is 23.5 Å².